The van der Waals surface area contributed by atoms with Crippen molar-refractivity contribution in [2.45, 2.75) is 25.6 Å². The number of hydrogen-bond acceptors (Lipinski definition) is 3. The van der Waals surface area contributed by atoms with Gasteiger partial charge in [-0.2, -0.15) is 13.2 Å². The number of nitrogens with zero attached hydrogens (tertiary/aromatic N) is 1. The Bertz CT molecular complexity index is 545. The van der Waals surface area contributed by atoms with Gasteiger partial charge in [-0.05, 0) is 44.0 Å². The van der Waals surface area contributed by atoms with Crippen LogP contribution in [-0.2, 0) is 6.18 Å². The molecule has 2 unspecified atom stereocenters. The van der Waals surface area contributed by atoms with Gasteiger partial charge in [-0.3, -0.25) is 4.79 Å². The van der Waals surface area contributed by atoms with Crippen molar-refractivity contribution in [2.24, 2.45) is 17.4 Å². The van der Waals surface area contributed by atoms with E-state index in [2.05, 4.69) is 0 Å². The van der Waals surface area contributed by atoms with Crippen LogP contribution < -0.4 is 16.4 Å². The van der Waals surface area contributed by atoms with E-state index in [1.165, 1.54) is 6.07 Å². The van der Waals surface area contributed by atoms with E-state index in [0.29, 0.717) is 18.8 Å². The number of rotatable bonds is 3. The van der Waals surface area contributed by atoms with Gasteiger partial charge in [-0.15, -0.1) is 0 Å². The first kappa shape index (κ1) is 15.6. The molecule has 21 heavy (non-hydrogen) atoms. The van der Waals surface area contributed by atoms with E-state index in [1.54, 1.807) is 0 Å². The fourth-order valence-electron chi connectivity index (χ4n) is 2.83. The number of halogens is 3. The van der Waals surface area contributed by atoms with Crippen LogP contribution in [0.2, 0.25) is 0 Å². The van der Waals surface area contributed by atoms with Crippen LogP contribution in [0.25, 0.3) is 0 Å². The molecule has 1 aromatic carbocycles. The normalized spacial score (nSPS) is 22.6. The molecule has 1 saturated heterocycles. The molecule has 0 aliphatic carbocycles. The Balaban J connectivity index is 2.41. The van der Waals surface area contributed by atoms with Crippen LogP contribution in [0, 0.1) is 5.92 Å². The molecule has 1 aliphatic heterocycles. The van der Waals surface area contributed by atoms with Crippen LogP contribution >= 0.6 is 0 Å². The van der Waals surface area contributed by atoms with Gasteiger partial charge in [0.25, 0.3) is 0 Å². The summed E-state index contributed by atoms with van der Waals surface area (Å²) in [6.45, 7) is 3.07. The Hall–Kier alpha value is -1.76. The highest BCUT2D eigenvalue weighted by atomic mass is 19.4. The fourth-order valence-corrected chi connectivity index (χ4v) is 2.83. The predicted octanol–water partition coefficient (Wildman–Crippen LogP) is 1.98. The van der Waals surface area contributed by atoms with Crippen molar-refractivity contribution in [3.63, 3.8) is 0 Å². The largest absolute Gasteiger partial charge is 0.417 e. The third kappa shape index (κ3) is 3.12. The highest BCUT2D eigenvalue weighted by Gasteiger charge is 2.36. The third-order valence-electron chi connectivity index (χ3n) is 3.90. The van der Waals surface area contributed by atoms with Gasteiger partial charge in [-0.1, -0.05) is 0 Å². The summed E-state index contributed by atoms with van der Waals surface area (Å²) in [7, 11) is 0. The van der Waals surface area contributed by atoms with Crippen LogP contribution in [0.4, 0.5) is 18.9 Å². The van der Waals surface area contributed by atoms with E-state index in [-0.39, 0.29) is 12.0 Å². The average Bonchev–Trinajstić information content (AvgIpc) is 2.78. The van der Waals surface area contributed by atoms with Crippen molar-refractivity contribution in [3.05, 3.63) is 29.3 Å². The topological polar surface area (TPSA) is 72.3 Å². The van der Waals surface area contributed by atoms with Gasteiger partial charge in [0.2, 0.25) is 5.91 Å². The van der Waals surface area contributed by atoms with Crippen molar-refractivity contribution < 1.29 is 18.0 Å². The maximum absolute atomic E-state index is 13.1. The number of amides is 1. The molecule has 116 valence electrons. The average molecular weight is 301 g/mol. The lowest BCUT2D eigenvalue weighted by molar-refractivity contribution is -0.137. The second-order valence-electron chi connectivity index (χ2n) is 5.43. The maximum atomic E-state index is 13.1. The molecule has 1 amide bonds. The van der Waals surface area contributed by atoms with Crippen LogP contribution in [0.15, 0.2) is 18.2 Å². The Morgan fingerprint density at radius 3 is 2.57 bits per heavy atom. The number of primary amides is 1. The van der Waals surface area contributed by atoms with Crippen LogP contribution in [0.1, 0.15) is 29.3 Å². The standard InChI is InChI=1S/C14H18F3N3O/c1-8-4-9(6-18)7-20(8)10-2-3-11(13(19)21)12(5-10)14(15,16)17/h2-3,5,8-9H,4,6-7,18H2,1H3,(H2,19,21). The molecule has 1 aliphatic rings. The minimum absolute atomic E-state index is 0.110. The Morgan fingerprint density at radius 2 is 2.10 bits per heavy atom. The monoisotopic (exact) mass is 301 g/mol. The lowest BCUT2D eigenvalue weighted by Gasteiger charge is -2.25. The number of hydrogen-bond donors (Lipinski definition) is 2. The zero-order chi connectivity index (χ0) is 15.8. The van der Waals surface area contributed by atoms with E-state index in [1.807, 2.05) is 11.8 Å². The van der Waals surface area contributed by atoms with Crippen molar-refractivity contribution in [1.82, 2.24) is 0 Å². The van der Waals surface area contributed by atoms with Crippen LogP contribution in [0.5, 0.6) is 0 Å². The summed E-state index contributed by atoms with van der Waals surface area (Å²) < 4.78 is 39.2. The molecular formula is C14H18F3N3O. The summed E-state index contributed by atoms with van der Waals surface area (Å²) in [6.07, 6.45) is -3.77. The number of nitrogens with two attached hydrogens (primary N) is 2. The van der Waals surface area contributed by atoms with Gasteiger partial charge in [0.1, 0.15) is 0 Å². The smallest absolute Gasteiger partial charge is 0.368 e. The van der Waals surface area contributed by atoms with Gasteiger partial charge >= 0.3 is 6.18 Å². The SMILES string of the molecule is CC1CC(CN)CN1c1ccc(C(N)=O)c(C(F)(F)F)c1. The first-order chi connectivity index (χ1) is 9.74. The molecule has 2 rings (SSSR count). The van der Waals surface area contributed by atoms with Crippen LogP contribution in [0.3, 0.4) is 0 Å². The highest BCUT2D eigenvalue weighted by Crippen LogP contribution is 2.36. The molecule has 0 radical (unpaired) electrons. The molecule has 4 N–H and O–H groups in total. The number of benzene rings is 1. The summed E-state index contributed by atoms with van der Waals surface area (Å²) in [5, 5.41) is 0. The molecule has 4 nitrogen and oxygen atoms in total. The lowest BCUT2D eigenvalue weighted by Crippen LogP contribution is -2.28. The van der Waals surface area contributed by atoms with E-state index in [0.717, 1.165) is 18.6 Å². The zero-order valence-corrected chi connectivity index (χ0v) is 11.7. The molecule has 1 aromatic rings. The minimum Gasteiger partial charge on any atom is -0.368 e. The molecular weight excluding hydrogens is 283 g/mol. The molecule has 0 spiro atoms. The Morgan fingerprint density at radius 1 is 1.43 bits per heavy atom. The van der Waals surface area contributed by atoms with Gasteiger partial charge in [0.15, 0.2) is 0 Å². The van der Waals surface area contributed by atoms with E-state index in [4.69, 9.17) is 11.5 Å². The maximum Gasteiger partial charge on any atom is 0.417 e. The van der Waals surface area contributed by atoms with Gasteiger partial charge in [0.05, 0.1) is 11.1 Å². The van der Waals surface area contributed by atoms with Gasteiger partial charge in [-0.25, -0.2) is 0 Å². The number of carbonyl (C=O) groups is 1. The number of alkyl halides is 3. The third-order valence-corrected chi connectivity index (χ3v) is 3.90. The summed E-state index contributed by atoms with van der Waals surface area (Å²) in [5.41, 5.74) is 9.59. The predicted molar refractivity (Wildman–Crippen MR) is 73.9 cm³/mol. The summed E-state index contributed by atoms with van der Waals surface area (Å²) in [4.78, 5) is 13.0. The Labute approximate surface area is 120 Å². The summed E-state index contributed by atoms with van der Waals surface area (Å²) in [6, 6.07) is 3.75. The van der Waals surface area contributed by atoms with E-state index in [9.17, 15) is 18.0 Å². The van der Waals surface area contributed by atoms with E-state index >= 15 is 0 Å². The summed E-state index contributed by atoms with van der Waals surface area (Å²) in [5.74, 6) is -0.812. The molecule has 0 aromatic heterocycles. The molecule has 0 saturated carbocycles. The zero-order valence-electron chi connectivity index (χ0n) is 11.7. The van der Waals surface area contributed by atoms with Crippen molar-refractivity contribution in [2.75, 3.05) is 18.0 Å². The Kier molecular flexibility index (Phi) is 4.13. The van der Waals surface area contributed by atoms with Crippen molar-refractivity contribution >= 4 is 11.6 Å². The lowest BCUT2D eigenvalue weighted by atomic mass is 10.0. The molecule has 1 heterocycles. The first-order valence-electron chi connectivity index (χ1n) is 6.71. The molecule has 0 bridgehead atoms. The quantitative estimate of drug-likeness (QED) is 0.896. The second-order valence-corrected chi connectivity index (χ2v) is 5.43. The van der Waals surface area contributed by atoms with Gasteiger partial charge < -0.3 is 16.4 Å². The van der Waals surface area contributed by atoms with Crippen molar-refractivity contribution in [1.29, 1.82) is 0 Å². The van der Waals surface area contributed by atoms with E-state index < -0.39 is 23.2 Å². The highest BCUT2D eigenvalue weighted by molar-refractivity contribution is 5.95. The van der Waals surface area contributed by atoms with Crippen LogP contribution in [-0.4, -0.2) is 25.0 Å². The number of anilines is 1. The van der Waals surface area contributed by atoms with Crippen molar-refractivity contribution in [3.8, 4) is 0 Å². The molecule has 2 atom stereocenters. The van der Waals surface area contributed by atoms with Gasteiger partial charge in [0, 0.05) is 18.3 Å². The summed E-state index contributed by atoms with van der Waals surface area (Å²) >= 11 is 0. The minimum atomic E-state index is -4.61. The second kappa shape index (κ2) is 5.55. The fraction of sp³-hybridized carbons (Fsp3) is 0.500. The molecule has 7 heteroatoms. The number of carbonyl (C=O) groups excluding carboxylic acids is 1. The molecule has 1 fully saturated rings. The first-order valence-corrected chi connectivity index (χ1v) is 6.71.